The Morgan fingerprint density at radius 2 is 1.80 bits per heavy atom. The van der Waals surface area contributed by atoms with Crippen molar-refractivity contribution in [2.45, 2.75) is 25.2 Å². The van der Waals surface area contributed by atoms with E-state index in [2.05, 4.69) is 10.3 Å². The van der Waals surface area contributed by atoms with Crippen molar-refractivity contribution in [3.63, 3.8) is 0 Å². The number of hydrogen-bond donors (Lipinski definition) is 3. The fraction of sp³-hybridized carbons (Fsp3) is 0.217. The molecule has 6 nitrogen and oxygen atoms in total. The molecule has 154 valence electrons. The zero-order chi connectivity index (χ0) is 20.9. The number of aliphatic hydroxyl groups is 2. The van der Waals surface area contributed by atoms with Gasteiger partial charge in [-0.15, -0.1) is 11.3 Å². The van der Waals surface area contributed by atoms with Gasteiger partial charge in [0.15, 0.2) is 6.10 Å². The Kier molecular flexibility index (Phi) is 6.23. The molecule has 0 unspecified atom stereocenters. The summed E-state index contributed by atoms with van der Waals surface area (Å²) in [6.07, 6.45) is -2.37. The molecular formula is C23H23N3O3S. The summed E-state index contributed by atoms with van der Waals surface area (Å²) in [6, 6.07) is 21.3. The van der Waals surface area contributed by atoms with E-state index >= 15 is 0 Å². The van der Waals surface area contributed by atoms with Crippen LogP contribution < -0.4 is 5.32 Å². The van der Waals surface area contributed by atoms with Gasteiger partial charge in [-0.3, -0.25) is 4.79 Å². The van der Waals surface area contributed by atoms with Crippen LogP contribution in [0, 0.1) is 0 Å². The number of amides is 1. The first kappa shape index (κ1) is 20.3. The van der Waals surface area contributed by atoms with Gasteiger partial charge in [0.2, 0.25) is 0 Å². The van der Waals surface area contributed by atoms with E-state index in [1.165, 1.54) is 0 Å². The molecule has 2 aromatic heterocycles. The SMILES string of the molecule is O=C(NCCc1cccs1)[C@H](O)[C@@H](O)c1nc2ccccc2n1Cc1ccccc1. The highest BCUT2D eigenvalue weighted by molar-refractivity contribution is 7.09. The quantitative estimate of drug-likeness (QED) is 0.408. The lowest BCUT2D eigenvalue weighted by molar-refractivity contribution is -0.135. The number of aromatic nitrogens is 2. The molecule has 0 aliphatic carbocycles. The molecule has 4 aromatic rings. The van der Waals surface area contributed by atoms with E-state index in [1.807, 2.05) is 76.7 Å². The van der Waals surface area contributed by atoms with Crippen LogP contribution in [0.1, 0.15) is 22.4 Å². The lowest BCUT2D eigenvalue weighted by Gasteiger charge is -2.19. The summed E-state index contributed by atoms with van der Waals surface area (Å²) in [7, 11) is 0. The number of imidazole rings is 1. The van der Waals surface area contributed by atoms with Gasteiger partial charge in [0.1, 0.15) is 11.9 Å². The second kappa shape index (κ2) is 9.21. The number of para-hydroxylation sites is 2. The molecule has 0 spiro atoms. The molecule has 2 heterocycles. The summed E-state index contributed by atoms with van der Waals surface area (Å²) in [5, 5.41) is 26.0. The van der Waals surface area contributed by atoms with Gasteiger partial charge in [0, 0.05) is 18.0 Å². The normalized spacial score (nSPS) is 13.3. The minimum absolute atomic E-state index is 0.265. The van der Waals surface area contributed by atoms with Gasteiger partial charge in [0.05, 0.1) is 11.0 Å². The third kappa shape index (κ3) is 4.43. The van der Waals surface area contributed by atoms with E-state index in [0.29, 0.717) is 25.0 Å². The topological polar surface area (TPSA) is 87.4 Å². The highest BCUT2D eigenvalue weighted by Gasteiger charge is 2.30. The lowest BCUT2D eigenvalue weighted by atomic mass is 10.1. The van der Waals surface area contributed by atoms with Crippen LogP contribution in [0.5, 0.6) is 0 Å². The fourth-order valence-corrected chi connectivity index (χ4v) is 4.11. The molecular weight excluding hydrogens is 398 g/mol. The maximum atomic E-state index is 12.4. The molecule has 0 aliphatic rings. The van der Waals surface area contributed by atoms with Crippen molar-refractivity contribution in [2.24, 2.45) is 0 Å². The molecule has 3 N–H and O–H groups in total. The highest BCUT2D eigenvalue weighted by atomic mass is 32.1. The van der Waals surface area contributed by atoms with Crippen LogP contribution in [-0.4, -0.2) is 38.3 Å². The van der Waals surface area contributed by atoms with Crippen molar-refractivity contribution < 1.29 is 15.0 Å². The minimum atomic E-state index is -1.61. The van der Waals surface area contributed by atoms with Crippen LogP contribution in [0.15, 0.2) is 72.1 Å². The number of nitrogens with zero attached hydrogens (tertiary/aromatic N) is 2. The molecule has 4 rings (SSSR count). The Morgan fingerprint density at radius 1 is 1.03 bits per heavy atom. The van der Waals surface area contributed by atoms with Crippen LogP contribution in [0.4, 0.5) is 0 Å². The number of aliphatic hydroxyl groups excluding tert-OH is 2. The third-order valence-corrected chi connectivity index (χ3v) is 5.89. The monoisotopic (exact) mass is 421 g/mol. The summed E-state index contributed by atoms with van der Waals surface area (Å²) in [4.78, 5) is 18.1. The first-order valence-corrected chi connectivity index (χ1v) is 10.7. The van der Waals surface area contributed by atoms with Crippen molar-refractivity contribution in [1.82, 2.24) is 14.9 Å². The number of carbonyl (C=O) groups excluding carboxylic acids is 1. The van der Waals surface area contributed by atoms with E-state index in [9.17, 15) is 15.0 Å². The highest BCUT2D eigenvalue weighted by Crippen LogP contribution is 2.24. The number of hydrogen-bond acceptors (Lipinski definition) is 5. The Hall–Kier alpha value is -3.00. The number of thiophene rings is 1. The molecule has 0 saturated carbocycles. The molecule has 2 aromatic carbocycles. The number of benzene rings is 2. The van der Waals surface area contributed by atoms with Gasteiger partial charge in [-0.1, -0.05) is 48.5 Å². The second-order valence-corrected chi connectivity index (χ2v) is 8.07. The van der Waals surface area contributed by atoms with Crippen LogP contribution in [0.2, 0.25) is 0 Å². The van der Waals surface area contributed by atoms with Gasteiger partial charge >= 0.3 is 0 Å². The van der Waals surface area contributed by atoms with E-state index in [1.54, 1.807) is 11.3 Å². The maximum Gasteiger partial charge on any atom is 0.252 e. The van der Waals surface area contributed by atoms with Gasteiger partial charge in [-0.2, -0.15) is 0 Å². The average molecular weight is 422 g/mol. The van der Waals surface area contributed by atoms with Crippen LogP contribution in [0.3, 0.4) is 0 Å². The molecule has 1 amide bonds. The molecule has 0 radical (unpaired) electrons. The summed E-state index contributed by atoms with van der Waals surface area (Å²) in [5.41, 5.74) is 2.57. The molecule has 7 heteroatoms. The number of rotatable bonds is 8. The molecule has 0 aliphatic heterocycles. The molecule has 0 bridgehead atoms. The van der Waals surface area contributed by atoms with Gasteiger partial charge in [0.25, 0.3) is 5.91 Å². The van der Waals surface area contributed by atoms with Crippen LogP contribution in [0.25, 0.3) is 11.0 Å². The summed E-state index contributed by atoms with van der Waals surface area (Å²) in [6.45, 7) is 0.865. The van der Waals surface area contributed by atoms with E-state index in [0.717, 1.165) is 16.0 Å². The van der Waals surface area contributed by atoms with Gasteiger partial charge < -0.3 is 20.1 Å². The van der Waals surface area contributed by atoms with E-state index in [4.69, 9.17) is 0 Å². The predicted octanol–water partition coefficient (Wildman–Crippen LogP) is 2.90. The third-order valence-electron chi connectivity index (χ3n) is 4.95. The fourth-order valence-electron chi connectivity index (χ4n) is 3.40. The number of carbonyl (C=O) groups is 1. The molecule has 2 atom stereocenters. The first-order valence-electron chi connectivity index (χ1n) is 9.79. The van der Waals surface area contributed by atoms with E-state index in [-0.39, 0.29) is 5.82 Å². The maximum absolute atomic E-state index is 12.4. The Balaban J connectivity index is 1.53. The van der Waals surface area contributed by atoms with E-state index < -0.39 is 18.1 Å². The summed E-state index contributed by atoms with van der Waals surface area (Å²) < 4.78 is 1.84. The number of nitrogens with one attached hydrogen (secondary N) is 1. The van der Waals surface area contributed by atoms with Crippen molar-refractivity contribution in [2.75, 3.05) is 6.54 Å². The Morgan fingerprint density at radius 3 is 2.57 bits per heavy atom. The van der Waals surface area contributed by atoms with Crippen molar-refractivity contribution >= 4 is 28.3 Å². The first-order chi connectivity index (χ1) is 14.6. The number of fused-ring (bicyclic) bond motifs is 1. The van der Waals surface area contributed by atoms with Crippen LogP contribution in [-0.2, 0) is 17.8 Å². The zero-order valence-electron chi connectivity index (χ0n) is 16.3. The van der Waals surface area contributed by atoms with Crippen LogP contribution >= 0.6 is 11.3 Å². The molecule has 30 heavy (non-hydrogen) atoms. The lowest BCUT2D eigenvalue weighted by Crippen LogP contribution is -2.40. The standard InChI is InChI=1S/C23H23N3O3S/c27-20(21(28)23(29)24-13-12-17-9-6-14-30-17)22-25-18-10-4-5-11-19(18)26(22)15-16-7-2-1-3-8-16/h1-11,14,20-21,27-28H,12-13,15H2,(H,24,29)/t20-,21-/m1/s1. The Labute approximate surface area is 178 Å². The smallest absolute Gasteiger partial charge is 0.252 e. The van der Waals surface area contributed by atoms with Gasteiger partial charge in [-0.05, 0) is 35.6 Å². The predicted molar refractivity (Wildman–Crippen MR) is 117 cm³/mol. The molecule has 0 fully saturated rings. The summed E-state index contributed by atoms with van der Waals surface area (Å²) >= 11 is 1.61. The second-order valence-electron chi connectivity index (χ2n) is 7.04. The Bertz CT molecular complexity index is 1110. The van der Waals surface area contributed by atoms with Crippen molar-refractivity contribution in [3.8, 4) is 0 Å². The summed E-state index contributed by atoms with van der Waals surface area (Å²) in [5.74, 6) is -0.349. The zero-order valence-corrected chi connectivity index (χ0v) is 17.1. The van der Waals surface area contributed by atoms with Crippen molar-refractivity contribution in [1.29, 1.82) is 0 Å². The molecule has 0 saturated heterocycles. The minimum Gasteiger partial charge on any atom is -0.382 e. The van der Waals surface area contributed by atoms with Crippen molar-refractivity contribution in [3.05, 3.63) is 88.4 Å². The van der Waals surface area contributed by atoms with Gasteiger partial charge in [-0.25, -0.2) is 4.98 Å². The average Bonchev–Trinajstić information content (AvgIpc) is 3.42. The largest absolute Gasteiger partial charge is 0.382 e.